The van der Waals surface area contributed by atoms with Gasteiger partial charge in [0, 0.05) is 72.7 Å². The van der Waals surface area contributed by atoms with Crippen molar-refractivity contribution in [1.82, 2.24) is 15.0 Å². The molecule has 3 unspecified atom stereocenters. The molecule has 9 rings (SSSR count). The van der Waals surface area contributed by atoms with Gasteiger partial charge in [-0.15, -0.1) is 0 Å². The molecule has 9 nitrogen and oxygen atoms in total. The number of aliphatic hydroxyl groups excluding tert-OH is 6. The molecule has 6 N–H and O–H groups in total. The van der Waals surface area contributed by atoms with Gasteiger partial charge < -0.3 is 30.6 Å². The van der Waals surface area contributed by atoms with E-state index in [-0.39, 0.29) is 83.7 Å². The molecule has 18 heteroatoms. The van der Waals surface area contributed by atoms with Gasteiger partial charge in [0.2, 0.25) is 0 Å². The second-order valence-corrected chi connectivity index (χ2v) is 102. The summed E-state index contributed by atoms with van der Waals surface area (Å²) in [5.41, 5.74) is 17.2. The zero-order valence-corrected chi connectivity index (χ0v) is 94.4. The number of aromatic nitrogens is 3. The van der Waals surface area contributed by atoms with Crippen molar-refractivity contribution in [2.45, 2.75) is 246 Å². The van der Waals surface area contributed by atoms with Gasteiger partial charge in [0.05, 0.1) is 35.6 Å². The van der Waals surface area contributed by atoms with Crippen molar-refractivity contribution < 1.29 is 91.0 Å². The molecule has 0 aliphatic rings. The summed E-state index contributed by atoms with van der Waals surface area (Å²) < 4.78 is 9.51. The minimum Gasteiger partial charge on any atom is 0 e. The van der Waals surface area contributed by atoms with E-state index < -0.39 is 97.9 Å². The van der Waals surface area contributed by atoms with Crippen molar-refractivity contribution in [1.29, 1.82) is 0 Å². The van der Waals surface area contributed by atoms with Crippen LogP contribution in [0.25, 0.3) is 66.5 Å². The average Bonchev–Trinajstić information content (AvgIpc) is 0.775. The van der Waals surface area contributed by atoms with Crippen LogP contribution < -0.4 is 26.4 Å². The van der Waals surface area contributed by atoms with Crippen LogP contribution in [-0.4, -0.2) is 143 Å². The molecule has 0 fully saturated rings. The van der Waals surface area contributed by atoms with Crippen LogP contribution >= 0.6 is 0 Å². The first-order valence-electron chi connectivity index (χ1n) is 39.5. The fraction of sp³-hybridized carbons (Fsp3) is 0.457. The van der Waals surface area contributed by atoms with E-state index in [2.05, 4.69) is 286 Å². The Labute approximate surface area is 735 Å². The van der Waals surface area contributed by atoms with Crippen LogP contribution in [0.15, 0.2) is 145 Å². The van der Waals surface area contributed by atoms with Crippen molar-refractivity contribution in [3.8, 4) is 33.8 Å². The molecular formula is C94H140Ge6Ir3N3O6-3. The number of hydrogen-bond acceptors (Lipinski definition) is 9. The first-order chi connectivity index (χ1) is 49.8. The second-order valence-electron chi connectivity index (χ2n) is 38.1. The standard InChI is InChI=1S/3C23H30Ge2N.C11H22O2.C9H18O2.C5H10O2.3Ir/c3*1-16-11-17(2)13-18(12-16)22-10-9-20-21(25(6,7)8)14-19(24(3,4)5)15-23(20)26-22;1-8(2)5-10(12)7-11(13)6-9(3)4;1-6(2)8(10)5-9(11)7(3)4;1-4(6)3-5(2)7;;;/h3*9-12,14-15H,1-8H3;7-10,12-13H,5-6H2,1-4H3;5-8,10-11H,1-4H3;3-4,6-7H,1-2H3;;;/q3*-1;;;;;;. The molecular weight excluding hydrogens is 2280 g/mol. The number of pyridine rings is 3. The van der Waals surface area contributed by atoms with E-state index in [4.69, 9.17) is 25.2 Å². The summed E-state index contributed by atoms with van der Waals surface area (Å²) in [5.74, 6) is 46.5. The summed E-state index contributed by atoms with van der Waals surface area (Å²) in [7, 11) is 0. The Morgan fingerprint density at radius 1 is 0.384 bits per heavy atom. The van der Waals surface area contributed by atoms with Crippen LogP contribution in [0.4, 0.5) is 0 Å². The SMILES string of the molecule is CC(C)C(O)=CC(O)C(C)C.CC(C)CC(O)=CC(O)CC(C)C.CC(O)=CC(C)O.Cc1[c-]c(-c2ccc3[c]([Ge]([CH3])([CH3])[CH3])c[c]([Ge]([CH3])([CH3])[CH3])cc3n2)cc(C)c1.Cc1[c-]c(-c2ccc3[c]([Ge]([CH3])([CH3])[CH3])c[c]([Ge]([CH3])([CH3])[CH3])cc3n2)cc(C)c1.Cc1[c-]c(-c2ccc3[c]([Ge]([CH3])([CH3])[CH3])c[c]([Ge]([CH3])([CH3])[CH3])cc3n2)cc(C)c1.[Ir].[Ir].[Ir]. The van der Waals surface area contributed by atoms with E-state index in [0.717, 1.165) is 33.8 Å². The molecule has 3 aromatic heterocycles. The van der Waals surface area contributed by atoms with E-state index in [1.807, 2.05) is 41.5 Å². The zero-order valence-electron chi connectivity index (χ0n) is 74.6. The molecule has 0 bridgehead atoms. The number of allylic oxidation sites excluding steroid dienone is 3. The Bertz CT molecular complexity index is 4170. The number of fused-ring (bicyclic) bond motifs is 3. The monoisotopic (exact) mass is 2430 g/mol. The van der Waals surface area contributed by atoms with Gasteiger partial charge in [0.25, 0.3) is 0 Å². The van der Waals surface area contributed by atoms with E-state index in [1.165, 1.54) is 85.2 Å². The van der Waals surface area contributed by atoms with E-state index >= 15 is 0 Å². The molecule has 0 saturated carbocycles. The molecule has 0 aliphatic heterocycles. The maximum Gasteiger partial charge on any atom is 0 e. The molecule has 3 heterocycles. The molecule has 0 amide bonds. The molecule has 0 aliphatic carbocycles. The van der Waals surface area contributed by atoms with Crippen molar-refractivity contribution in [3.05, 3.63) is 196 Å². The summed E-state index contributed by atoms with van der Waals surface area (Å²) in [5, 5.41) is 58.4. The van der Waals surface area contributed by atoms with Crippen molar-refractivity contribution in [3.63, 3.8) is 0 Å². The number of benzene rings is 6. The van der Waals surface area contributed by atoms with Gasteiger partial charge in [-0.2, -0.15) is 0 Å². The van der Waals surface area contributed by atoms with Crippen molar-refractivity contribution in [2.24, 2.45) is 23.7 Å². The smallest absolute Gasteiger partial charge is 0 e. The maximum absolute atomic E-state index is 9.47. The number of aliphatic hydroxyl groups is 6. The van der Waals surface area contributed by atoms with Gasteiger partial charge >= 0.3 is 493 Å². The first-order valence-corrected chi connectivity index (χ1v) is 83.5. The van der Waals surface area contributed by atoms with Gasteiger partial charge in [-0.3, -0.25) is 0 Å². The van der Waals surface area contributed by atoms with Gasteiger partial charge in [0.15, 0.2) is 0 Å². The molecule has 3 atom stereocenters. The molecule has 112 heavy (non-hydrogen) atoms. The topological polar surface area (TPSA) is 160 Å². The van der Waals surface area contributed by atoms with Crippen molar-refractivity contribution in [2.75, 3.05) is 0 Å². The Morgan fingerprint density at radius 3 is 0.884 bits per heavy atom. The number of aryl methyl sites for hydroxylation is 6. The minimum atomic E-state index is -1.98. The fourth-order valence-corrected chi connectivity index (χ4v) is 31.8. The van der Waals surface area contributed by atoms with E-state index in [9.17, 15) is 20.4 Å². The predicted molar refractivity (Wildman–Crippen MR) is 494 cm³/mol. The molecule has 0 spiro atoms. The normalized spacial score (nSPS) is 13.2. The van der Waals surface area contributed by atoms with E-state index in [1.54, 1.807) is 39.4 Å². The number of rotatable bonds is 18. The van der Waals surface area contributed by atoms with Crippen LogP contribution in [0.1, 0.15) is 115 Å². The van der Waals surface area contributed by atoms with Gasteiger partial charge in [-0.05, 0) is 56.3 Å². The number of nitrogens with zero attached hydrogens (tertiary/aromatic N) is 3. The van der Waals surface area contributed by atoms with E-state index in [0.29, 0.717) is 30.4 Å². The van der Waals surface area contributed by atoms with Crippen LogP contribution in [0.3, 0.4) is 0 Å². The van der Waals surface area contributed by atoms with Gasteiger partial charge in [-0.25, -0.2) is 0 Å². The third-order valence-corrected chi connectivity index (χ3v) is 44.0. The minimum absolute atomic E-state index is 0. The first kappa shape index (κ1) is 107. The summed E-state index contributed by atoms with van der Waals surface area (Å²) in [6.07, 6.45) is 4.22. The Hall–Kier alpha value is -2.74. The summed E-state index contributed by atoms with van der Waals surface area (Å²) >= 11 is -11.7. The van der Waals surface area contributed by atoms with Crippen LogP contribution in [0, 0.1) is 83.4 Å². The summed E-state index contributed by atoms with van der Waals surface area (Å²) in [6.45, 7) is 31.6. The predicted octanol–water partition coefficient (Wildman–Crippen LogP) is 22.0. The van der Waals surface area contributed by atoms with Gasteiger partial charge in [-0.1, -0.05) is 55.4 Å². The molecule has 0 saturated heterocycles. The summed E-state index contributed by atoms with van der Waals surface area (Å²) in [6, 6.07) is 51.7. The number of hydrogen-bond donors (Lipinski definition) is 6. The Balaban J connectivity index is 0.000000702. The average molecular weight is 2420 g/mol. The fourth-order valence-electron chi connectivity index (χ4n) is 12.6. The molecule has 621 valence electrons. The molecule has 6 aromatic carbocycles. The third kappa shape index (κ3) is 35.7. The zero-order chi connectivity index (χ0) is 83.1. The quantitative estimate of drug-likeness (QED) is 0.0279. The Morgan fingerprint density at radius 2 is 0.679 bits per heavy atom. The Kier molecular flexibility index (Phi) is 44.2. The largest absolute Gasteiger partial charge is 0 e. The maximum atomic E-state index is 9.47. The van der Waals surface area contributed by atoms with Crippen LogP contribution in [-0.2, 0) is 60.3 Å². The van der Waals surface area contributed by atoms with Gasteiger partial charge in [0.1, 0.15) is 0 Å². The van der Waals surface area contributed by atoms with Crippen LogP contribution in [0.5, 0.6) is 0 Å². The molecule has 3 radical (unpaired) electrons. The van der Waals surface area contributed by atoms with Crippen molar-refractivity contribution >= 4 is 139 Å². The third-order valence-electron chi connectivity index (χ3n) is 18.5. The van der Waals surface area contributed by atoms with Crippen LogP contribution in [0.2, 0.25) is 104 Å². The molecule has 9 aromatic rings. The summed E-state index contributed by atoms with van der Waals surface area (Å²) in [4.78, 5) is 15.3. The second kappa shape index (κ2) is 46.2.